The Morgan fingerprint density at radius 3 is 1.96 bits per heavy atom. The molecule has 7 heteroatoms. The lowest BCUT2D eigenvalue weighted by atomic mass is 9.90. The number of nitrogens with one attached hydrogen (secondary N) is 2. The van der Waals surface area contributed by atoms with Crippen LogP contribution in [0.5, 0.6) is 17.2 Å². The lowest BCUT2D eigenvalue weighted by molar-refractivity contribution is -0.138. The van der Waals surface area contributed by atoms with Gasteiger partial charge in [-0.3, -0.25) is 9.59 Å². The first-order chi connectivity index (χ1) is 12.2. The standard InChI is InChI=1S/C19H30N2O5/c1-12(2)8-9-20-17(22)19(3,4)18(23)21-13-10-14(24-5)16(26-7)15(11-13)25-6/h10-12H,8-9H2,1-7H3,(H,20,22)(H,21,23). The lowest BCUT2D eigenvalue weighted by Gasteiger charge is -2.23. The summed E-state index contributed by atoms with van der Waals surface area (Å²) in [6.07, 6.45) is 0.857. The Hall–Kier alpha value is -2.44. The van der Waals surface area contributed by atoms with Gasteiger partial charge in [0.2, 0.25) is 17.6 Å². The predicted molar refractivity (Wildman–Crippen MR) is 101 cm³/mol. The Kier molecular flexibility index (Phi) is 7.74. The van der Waals surface area contributed by atoms with E-state index >= 15 is 0 Å². The molecule has 0 aliphatic rings. The van der Waals surface area contributed by atoms with Crippen molar-refractivity contribution in [3.63, 3.8) is 0 Å². The first-order valence-corrected chi connectivity index (χ1v) is 8.57. The molecule has 0 aromatic heterocycles. The highest BCUT2D eigenvalue weighted by Crippen LogP contribution is 2.40. The molecule has 0 aliphatic heterocycles. The maximum absolute atomic E-state index is 12.6. The van der Waals surface area contributed by atoms with E-state index in [4.69, 9.17) is 14.2 Å². The van der Waals surface area contributed by atoms with Crippen molar-refractivity contribution in [3.05, 3.63) is 12.1 Å². The normalized spacial score (nSPS) is 11.1. The molecule has 0 saturated heterocycles. The molecule has 7 nitrogen and oxygen atoms in total. The van der Waals surface area contributed by atoms with Gasteiger partial charge in [-0.2, -0.15) is 0 Å². The molecule has 2 amide bonds. The molecule has 0 fully saturated rings. The summed E-state index contributed by atoms with van der Waals surface area (Å²) in [5.41, 5.74) is -0.773. The highest BCUT2D eigenvalue weighted by molar-refractivity contribution is 6.10. The van der Waals surface area contributed by atoms with E-state index in [1.54, 1.807) is 26.0 Å². The average molecular weight is 366 g/mol. The van der Waals surface area contributed by atoms with Crippen LogP contribution >= 0.6 is 0 Å². The summed E-state index contributed by atoms with van der Waals surface area (Å²) < 4.78 is 15.8. The van der Waals surface area contributed by atoms with Gasteiger partial charge in [0.1, 0.15) is 5.41 Å². The molecule has 26 heavy (non-hydrogen) atoms. The highest BCUT2D eigenvalue weighted by atomic mass is 16.5. The molecule has 1 aromatic rings. The van der Waals surface area contributed by atoms with Crippen LogP contribution in [0.4, 0.5) is 5.69 Å². The second kappa shape index (κ2) is 9.31. The fraction of sp³-hybridized carbons (Fsp3) is 0.579. The number of anilines is 1. The van der Waals surface area contributed by atoms with Crippen LogP contribution in [-0.2, 0) is 9.59 Å². The number of amides is 2. The quantitative estimate of drug-likeness (QED) is 0.657. The van der Waals surface area contributed by atoms with Crippen molar-refractivity contribution in [1.82, 2.24) is 5.32 Å². The number of rotatable bonds is 9. The molecule has 0 bridgehead atoms. The number of hydrogen-bond donors (Lipinski definition) is 2. The van der Waals surface area contributed by atoms with Gasteiger partial charge < -0.3 is 24.8 Å². The summed E-state index contributed by atoms with van der Waals surface area (Å²) in [5.74, 6) is 1.00. The summed E-state index contributed by atoms with van der Waals surface area (Å²) in [7, 11) is 4.49. The van der Waals surface area contributed by atoms with Crippen molar-refractivity contribution < 1.29 is 23.8 Å². The van der Waals surface area contributed by atoms with Crippen LogP contribution in [0, 0.1) is 11.3 Å². The minimum atomic E-state index is -1.22. The third-order valence-electron chi connectivity index (χ3n) is 4.07. The molecule has 0 atom stereocenters. The van der Waals surface area contributed by atoms with E-state index in [9.17, 15) is 9.59 Å². The molecule has 0 unspecified atom stereocenters. The van der Waals surface area contributed by atoms with E-state index in [0.717, 1.165) is 6.42 Å². The first kappa shape index (κ1) is 21.6. The number of hydrogen-bond acceptors (Lipinski definition) is 5. The first-order valence-electron chi connectivity index (χ1n) is 8.57. The zero-order chi connectivity index (χ0) is 19.9. The second-order valence-electron chi connectivity index (χ2n) is 6.93. The smallest absolute Gasteiger partial charge is 0.239 e. The second-order valence-corrected chi connectivity index (χ2v) is 6.93. The fourth-order valence-electron chi connectivity index (χ4n) is 2.24. The van der Waals surface area contributed by atoms with Crippen molar-refractivity contribution >= 4 is 17.5 Å². The summed E-state index contributed by atoms with van der Waals surface area (Å²) in [4.78, 5) is 25.0. The van der Waals surface area contributed by atoms with Crippen LogP contribution in [0.3, 0.4) is 0 Å². The van der Waals surface area contributed by atoms with E-state index in [1.165, 1.54) is 21.3 Å². The van der Waals surface area contributed by atoms with Gasteiger partial charge in [-0.1, -0.05) is 13.8 Å². The minimum Gasteiger partial charge on any atom is -0.493 e. The molecule has 2 N–H and O–H groups in total. The van der Waals surface area contributed by atoms with Crippen molar-refractivity contribution in [3.8, 4) is 17.2 Å². The van der Waals surface area contributed by atoms with Crippen LogP contribution in [0.25, 0.3) is 0 Å². The Bertz CT molecular complexity index is 616. The van der Waals surface area contributed by atoms with Crippen LogP contribution in [-0.4, -0.2) is 39.7 Å². The Morgan fingerprint density at radius 1 is 1.00 bits per heavy atom. The maximum Gasteiger partial charge on any atom is 0.239 e. The molecule has 0 radical (unpaired) electrons. The van der Waals surface area contributed by atoms with Gasteiger partial charge in [0.25, 0.3) is 0 Å². The maximum atomic E-state index is 12.6. The predicted octanol–water partition coefficient (Wildman–Crippen LogP) is 2.84. The van der Waals surface area contributed by atoms with E-state index in [-0.39, 0.29) is 5.91 Å². The molecular formula is C19H30N2O5. The van der Waals surface area contributed by atoms with E-state index in [2.05, 4.69) is 24.5 Å². The highest BCUT2D eigenvalue weighted by Gasteiger charge is 2.36. The lowest BCUT2D eigenvalue weighted by Crippen LogP contribution is -2.45. The number of ether oxygens (including phenoxy) is 3. The van der Waals surface area contributed by atoms with Crippen molar-refractivity contribution in [1.29, 1.82) is 0 Å². The zero-order valence-electron chi connectivity index (χ0n) is 16.7. The van der Waals surface area contributed by atoms with Gasteiger partial charge in [0.15, 0.2) is 11.5 Å². The molecule has 1 aromatic carbocycles. The molecule has 1 rings (SSSR count). The van der Waals surface area contributed by atoms with Gasteiger partial charge in [0.05, 0.1) is 21.3 Å². The zero-order valence-corrected chi connectivity index (χ0v) is 16.7. The topological polar surface area (TPSA) is 85.9 Å². The van der Waals surface area contributed by atoms with Crippen LogP contribution in [0.1, 0.15) is 34.1 Å². The van der Waals surface area contributed by atoms with E-state index in [0.29, 0.717) is 35.4 Å². The van der Waals surface area contributed by atoms with Gasteiger partial charge in [-0.15, -0.1) is 0 Å². The van der Waals surface area contributed by atoms with Crippen LogP contribution in [0.15, 0.2) is 12.1 Å². The molecule has 0 saturated carbocycles. The Balaban J connectivity index is 2.93. The average Bonchev–Trinajstić information content (AvgIpc) is 2.59. The van der Waals surface area contributed by atoms with Gasteiger partial charge >= 0.3 is 0 Å². The van der Waals surface area contributed by atoms with E-state index < -0.39 is 11.3 Å². The number of benzene rings is 1. The number of carbonyl (C=O) groups excluding carboxylic acids is 2. The Morgan fingerprint density at radius 2 is 1.54 bits per heavy atom. The monoisotopic (exact) mass is 366 g/mol. The van der Waals surface area contributed by atoms with Gasteiger partial charge in [-0.05, 0) is 26.2 Å². The van der Waals surface area contributed by atoms with Crippen molar-refractivity contribution in [2.24, 2.45) is 11.3 Å². The van der Waals surface area contributed by atoms with Gasteiger partial charge in [-0.25, -0.2) is 0 Å². The third kappa shape index (κ3) is 5.28. The van der Waals surface area contributed by atoms with Gasteiger partial charge in [0, 0.05) is 24.4 Å². The number of carbonyl (C=O) groups is 2. The minimum absolute atomic E-state index is 0.317. The fourth-order valence-corrected chi connectivity index (χ4v) is 2.24. The third-order valence-corrected chi connectivity index (χ3v) is 4.07. The molecule has 0 spiro atoms. The van der Waals surface area contributed by atoms with E-state index in [1.807, 2.05) is 0 Å². The molecule has 0 heterocycles. The summed E-state index contributed by atoms with van der Waals surface area (Å²) in [6.45, 7) is 7.87. The summed E-state index contributed by atoms with van der Waals surface area (Å²) in [6, 6.07) is 3.23. The molecular weight excluding hydrogens is 336 g/mol. The van der Waals surface area contributed by atoms with Crippen molar-refractivity contribution in [2.75, 3.05) is 33.2 Å². The summed E-state index contributed by atoms with van der Waals surface area (Å²) >= 11 is 0. The largest absolute Gasteiger partial charge is 0.493 e. The van der Waals surface area contributed by atoms with Crippen molar-refractivity contribution in [2.45, 2.75) is 34.1 Å². The van der Waals surface area contributed by atoms with Crippen LogP contribution in [0.2, 0.25) is 0 Å². The molecule has 0 aliphatic carbocycles. The Labute approximate surface area is 155 Å². The molecule has 146 valence electrons. The SMILES string of the molecule is COc1cc(NC(=O)C(C)(C)C(=O)NCCC(C)C)cc(OC)c1OC. The van der Waals surface area contributed by atoms with Crippen LogP contribution < -0.4 is 24.8 Å². The number of methoxy groups -OCH3 is 3. The summed E-state index contributed by atoms with van der Waals surface area (Å²) in [5, 5.41) is 5.56.